The lowest BCUT2D eigenvalue weighted by molar-refractivity contribution is -0.313. The molecule has 3 aliphatic rings. The minimum Gasteiger partial charge on any atom is -0.463 e. The molecule has 0 bridgehead atoms. The SMILES string of the molecule is CC(=O)OC[C@H]1O[C@@H](OC[C@@H](OC(=O)c2ccccc2)[C@H]2OC(C)(C)O[C@@H]2[C@@H](CO[C@@H]2O[C@H](COC(C)=O)[C@@H](OC(C)=O)[C@H](OC(C)=O)[C@H]2OC(C)=O)OC(=O)c2ccccc2)[C@H](OC(C)=O)[C@@H](OC(C)=O)[C@@H]1OC(C)=O. The Hall–Kier alpha value is -7.10. The monoisotopic (exact) mass is 1090 g/mol. The highest BCUT2D eigenvalue weighted by molar-refractivity contribution is 5.90. The maximum absolute atomic E-state index is 14.1. The van der Waals surface area contributed by atoms with Crippen LogP contribution in [0.5, 0.6) is 0 Å². The summed E-state index contributed by atoms with van der Waals surface area (Å²) in [5.41, 5.74) is 0.0807. The number of carbonyl (C=O) groups is 10. The number of ether oxygens (including phenoxy) is 16. The summed E-state index contributed by atoms with van der Waals surface area (Å²) in [6, 6.07) is 15.3. The molecule has 0 amide bonds. The molecule has 77 heavy (non-hydrogen) atoms. The van der Waals surface area contributed by atoms with Crippen LogP contribution in [0.15, 0.2) is 60.7 Å². The van der Waals surface area contributed by atoms with Crippen LogP contribution in [0.1, 0.15) is 90.0 Å². The lowest BCUT2D eigenvalue weighted by Gasteiger charge is -2.44. The van der Waals surface area contributed by atoms with Gasteiger partial charge in [-0.2, -0.15) is 0 Å². The Balaban J connectivity index is 1.61. The summed E-state index contributed by atoms with van der Waals surface area (Å²) in [5, 5.41) is 0. The van der Waals surface area contributed by atoms with Gasteiger partial charge in [0.25, 0.3) is 0 Å². The van der Waals surface area contributed by atoms with Crippen LogP contribution in [0.25, 0.3) is 0 Å². The first-order valence-electron chi connectivity index (χ1n) is 24.0. The maximum Gasteiger partial charge on any atom is 0.338 e. The molecule has 14 atom stereocenters. The molecule has 422 valence electrons. The van der Waals surface area contributed by atoms with E-state index in [0.717, 1.165) is 55.4 Å². The van der Waals surface area contributed by atoms with E-state index in [2.05, 4.69) is 0 Å². The highest BCUT2D eigenvalue weighted by Gasteiger charge is 2.57. The van der Waals surface area contributed by atoms with E-state index in [1.807, 2.05) is 0 Å². The Labute approximate surface area is 441 Å². The fraction of sp³-hybridized carbons (Fsp3) is 0.569. The van der Waals surface area contributed by atoms with Gasteiger partial charge < -0.3 is 75.8 Å². The van der Waals surface area contributed by atoms with Gasteiger partial charge in [0.05, 0.1) is 24.3 Å². The molecule has 2 aromatic rings. The predicted molar refractivity (Wildman–Crippen MR) is 251 cm³/mol. The number of hydrogen-bond acceptors (Lipinski definition) is 26. The third-order valence-electron chi connectivity index (χ3n) is 11.2. The predicted octanol–water partition coefficient (Wildman–Crippen LogP) is 2.16. The number of benzene rings is 2. The average Bonchev–Trinajstić information content (AvgIpc) is 3.67. The van der Waals surface area contributed by atoms with Crippen molar-refractivity contribution < 1.29 is 124 Å². The Morgan fingerprint density at radius 3 is 1.03 bits per heavy atom. The van der Waals surface area contributed by atoms with E-state index in [-0.39, 0.29) is 11.1 Å². The molecule has 0 radical (unpaired) electrons. The van der Waals surface area contributed by atoms with Gasteiger partial charge in [0.2, 0.25) is 0 Å². The van der Waals surface area contributed by atoms with Crippen LogP contribution in [0.2, 0.25) is 0 Å². The molecule has 0 unspecified atom stereocenters. The first-order chi connectivity index (χ1) is 36.3. The van der Waals surface area contributed by atoms with Gasteiger partial charge in [-0.1, -0.05) is 36.4 Å². The molecule has 0 N–H and O–H groups in total. The van der Waals surface area contributed by atoms with Gasteiger partial charge in [0.1, 0.15) is 37.6 Å². The standard InChI is InChI=1S/C51H62O26/c1-25(52)62-21-35-39(66-27(3)54)43(68-29(5)56)45(70-31(7)58)49(74-35)64-23-37(72-47(60)33-17-13-11-14-18-33)41-42(77-51(9,10)76-41)38(73-48(61)34-19-15-12-16-20-34)24-65-50-46(71-32(8)59)44(69-30(6)57)40(67-28(4)55)36(75-50)22-63-26(2)53/h11-20,35-46,49-50H,21-24H2,1-10H3/t35-,36-,37-,38-,39-,40-,41-,42-,43+,44+,45-,46-,49-,50-/m1/s1. The number of carbonyl (C=O) groups excluding carboxylic acids is 10. The maximum atomic E-state index is 14.1. The van der Waals surface area contributed by atoms with Crippen LogP contribution in [-0.4, -0.2) is 178 Å². The third-order valence-corrected chi connectivity index (χ3v) is 11.2. The number of esters is 10. The van der Waals surface area contributed by atoms with Crippen molar-refractivity contribution in [2.75, 3.05) is 26.4 Å². The largest absolute Gasteiger partial charge is 0.463 e. The van der Waals surface area contributed by atoms with Crippen molar-refractivity contribution >= 4 is 59.7 Å². The van der Waals surface area contributed by atoms with Crippen molar-refractivity contribution in [3.8, 4) is 0 Å². The van der Waals surface area contributed by atoms with Crippen molar-refractivity contribution in [3.63, 3.8) is 0 Å². The van der Waals surface area contributed by atoms with Crippen molar-refractivity contribution in [2.45, 2.75) is 161 Å². The van der Waals surface area contributed by atoms with Crippen molar-refractivity contribution in [3.05, 3.63) is 71.8 Å². The van der Waals surface area contributed by atoms with E-state index < -0.39 is 178 Å². The lowest BCUT2D eigenvalue weighted by Crippen LogP contribution is -2.63. The Morgan fingerprint density at radius 1 is 0.429 bits per heavy atom. The van der Waals surface area contributed by atoms with E-state index in [9.17, 15) is 47.9 Å². The molecule has 3 aliphatic heterocycles. The van der Waals surface area contributed by atoms with Gasteiger partial charge in [0.15, 0.2) is 67.2 Å². The van der Waals surface area contributed by atoms with Gasteiger partial charge in [-0.3, -0.25) is 38.4 Å². The highest BCUT2D eigenvalue weighted by atomic mass is 16.8. The molecule has 26 nitrogen and oxygen atoms in total. The third kappa shape index (κ3) is 18.0. The minimum absolute atomic E-state index is 0.0403. The smallest absolute Gasteiger partial charge is 0.338 e. The van der Waals surface area contributed by atoms with Crippen LogP contribution < -0.4 is 0 Å². The molecule has 3 fully saturated rings. The second-order valence-corrected chi connectivity index (χ2v) is 18.0. The first-order valence-corrected chi connectivity index (χ1v) is 24.0. The molecule has 3 saturated heterocycles. The van der Waals surface area contributed by atoms with Gasteiger partial charge in [0, 0.05) is 55.4 Å². The summed E-state index contributed by atoms with van der Waals surface area (Å²) in [6.07, 6.45) is -22.7. The van der Waals surface area contributed by atoms with Gasteiger partial charge >= 0.3 is 59.7 Å². The quantitative estimate of drug-likeness (QED) is 0.120. The molecule has 2 aromatic carbocycles. The van der Waals surface area contributed by atoms with Crippen molar-refractivity contribution in [1.82, 2.24) is 0 Å². The summed E-state index contributed by atoms with van der Waals surface area (Å²) in [4.78, 5) is 128. The zero-order valence-electron chi connectivity index (χ0n) is 43.8. The fourth-order valence-electron chi connectivity index (χ4n) is 8.37. The van der Waals surface area contributed by atoms with Crippen LogP contribution in [-0.2, 0) is 114 Å². The normalized spacial score (nSPS) is 27.2. The Kier molecular flexibility index (Phi) is 21.9. The molecule has 3 heterocycles. The summed E-state index contributed by atoms with van der Waals surface area (Å²) in [5.74, 6) is -10.6. The zero-order chi connectivity index (χ0) is 56.7. The first kappa shape index (κ1) is 60.8. The topological polar surface area (TPSA) is 318 Å². The van der Waals surface area contributed by atoms with Crippen LogP contribution in [0.3, 0.4) is 0 Å². The summed E-state index contributed by atoms with van der Waals surface area (Å²) in [7, 11) is 0. The Bertz CT molecular complexity index is 2250. The van der Waals surface area contributed by atoms with Crippen LogP contribution in [0, 0.1) is 0 Å². The van der Waals surface area contributed by atoms with E-state index in [0.29, 0.717) is 0 Å². The minimum atomic E-state index is -1.79. The van der Waals surface area contributed by atoms with E-state index >= 15 is 0 Å². The summed E-state index contributed by atoms with van der Waals surface area (Å²) < 4.78 is 93.6. The highest BCUT2D eigenvalue weighted by Crippen LogP contribution is 2.37. The van der Waals surface area contributed by atoms with Crippen LogP contribution in [0.4, 0.5) is 0 Å². The molecule has 0 spiro atoms. The van der Waals surface area contributed by atoms with Gasteiger partial charge in [-0.05, 0) is 38.1 Å². The average molecular weight is 1090 g/mol. The second kappa shape index (κ2) is 27.8. The second-order valence-electron chi connectivity index (χ2n) is 18.0. The molecule has 0 aromatic heterocycles. The molecule has 0 aliphatic carbocycles. The van der Waals surface area contributed by atoms with Gasteiger partial charge in [-0.25, -0.2) is 9.59 Å². The molecular weight excluding hydrogens is 1030 g/mol. The Morgan fingerprint density at radius 2 is 0.727 bits per heavy atom. The van der Waals surface area contributed by atoms with Crippen LogP contribution >= 0.6 is 0 Å². The summed E-state index contributed by atoms with van der Waals surface area (Å²) in [6.45, 7) is 8.59. The van der Waals surface area contributed by atoms with Crippen molar-refractivity contribution in [1.29, 1.82) is 0 Å². The summed E-state index contributed by atoms with van der Waals surface area (Å²) >= 11 is 0. The lowest BCUT2D eigenvalue weighted by atomic mass is 9.97. The number of rotatable bonds is 22. The molecular formula is C51H62O26. The zero-order valence-corrected chi connectivity index (χ0v) is 43.8. The van der Waals surface area contributed by atoms with E-state index in [1.165, 1.54) is 38.1 Å². The van der Waals surface area contributed by atoms with E-state index in [4.69, 9.17) is 75.8 Å². The van der Waals surface area contributed by atoms with Crippen molar-refractivity contribution in [2.24, 2.45) is 0 Å². The molecule has 26 heteroatoms. The molecule has 5 rings (SSSR count). The van der Waals surface area contributed by atoms with E-state index in [1.54, 1.807) is 36.4 Å². The number of hydrogen-bond donors (Lipinski definition) is 0. The fourth-order valence-corrected chi connectivity index (χ4v) is 8.37. The van der Waals surface area contributed by atoms with Gasteiger partial charge in [-0.15, -0.1) is 0 Å². The molecule has 0 saturated carbocycles.